The number of fused-ring (bicyclic) bond motifs is 1. The molecular weight excluding hydrogens is 405 g/mol. The van der Waals surface area contributed by atoms with Crippen LogP contribution in [-0.4, -0.2) is 35.3 Å². The molecule has 1 fully saturated rings. The summed E-state index contributed by atoms with van der Waals surface area (Å²) in [5.74, 6) is 1.52. The van der Waals surface area contributed by atoms with Crippen LogP contribution in [0.4, 0.5) is 5.82 Å². The Balaban J connectivity index is 0.00000210. The highest BCUT2D eigenvalue weighted by Gasteiger charge is 2.25. The van der Waals surface area contributed by atoms with Crippen molar-refractivity contribution in [1.29, 1.82) is 0 Å². The molecule has 0 N–H and O–H groups in total. The fourth-order valence-electron chi connectivity index (χ4n) is 3.44. The highest BCUT2D eigenvalue weighted by molar-refractivity contribution is 6.36. The summed E-state index contributed by atoms with van der Waals surface area (Å²) in [7, 11) is 0. The van der Waals surface area contributed by atoms with E-state index < -0.39 is 0 Å². The summed E-state index contributed by atoms with van der Waals surface area (Å²) in [5, 5.41) is 2.17. The van der Waals surface area contributed by atoms with Crippen LogP contribution >= 0.6 is 23.2 Å². The lowest BCUT2D eigenvalue weighted by Crippen LogP contribution is -3.00. The number of ether oxygens (including phenoxy) is 1. The number of hydrogen-bond acceptors (Lipinski definition) is 4. The average molecular weight is 424 g/mol. The quantitative estimate of drug-likeness (QED) is 0.633. The molecule has 0 spiro atoms. The van der Waals surface area contributed by atoms with Gasteiger partial charge in [-0.1, -0.05) is 35.3 Å². The summed E-state index contributed by atoms with van der Waals surface area (Å²) in [4.78, 5) is 11.9. The SMILES string of the molecule is CC1CN(c2nc(-c3ccc(Cl)cc3Cl)nc3ccccc23)CC(C)O1.[Cl-]. The molecule has 0 bridgehead atoms. The van der Waals surface area contributed by atoms with Crippen molar-refractivity contribution < 1.29 is 17.1 Å². The molecule has 4 rings (SSSR count). The molecule has 2 unspecified atom stereocenters. The lowest BCUT2D eigenvalue weighted by molar-refractivity contribution is -0.00541. The summed E-state index contributed by atoms with van der Waals surface area (Å²) < 4.78 is 5.88. The Morgan fingerprint density at radius 3 is 2.41 bits per heavy atom. The minimum absolute atomic E-state index is 0. The van der Waals surface area contributed by atoms with Crippen LogP contribution in [0.15, 0.2) is 42.5 Å². The third kappa shape index (κ3) is 4.14. The number of aromatic nitrogens is 2. The van der Waals surface area contributed by atoms with Crippen LogP contribution in [0.3, 0.4) is 0 Å². The van der Waals surface area contributed by atoms with Crippen molar-refractivity contribution >= 4 is 39.9 Å². The van der Waals surface area contributed by atoms with Crippen LogP contribution in [0.25, 0.3) is 22.3 Å². The molecule has 0 radical (unpaired) electrons. The smallest absolute Gasteiger partial charge is 0.163 e. The van der Waals surface area contributed by atoms with E-state index in [2.05, 4.69) is 24.8 Å². The highest BCUT2D eigenvalue weighted by atomic mass is 35.5. The van der Waals surface area contributed by atoms with Gasteiger partial charge in [-0.2, -0.15) is 0 Å². The average Bonchev–Trinajstić information content (AvgIpc) is 2.60. The Hall–Kier alpha value is -1.59. The molecule has 2 atom stereocenters. The van der Waals surface area contributed by atoms with Crippen molar-refractivity contribution in [2.45, 2.75) is 26.1 Å². The number of anilines is 1. The van der Waals surface area contributed by atoms with Gasteiger partial charge in [-0.15, -0.1) is 0 Å². The first kappa shape index (κ1) is 20.2. The first-order valence-corrected chi connectivity index (χ1v) is 9.39. The van der Waals surface area contributed by atoms with Crippen LogP contribution in [0, 0.1) is 0 Å². The second-order valence-electron chi connectivity index (χ2n) is 6.67. The monoisotopic (exact) mass is 422 g/mol. The Labute approximate surface area is 174 Å². The van der Waals surface area contributed by atoms with Gasteiger partial charge in [0.1, 0.15) is 5.82 Å². The van der Waals surface area contributed by atoms with Crippen molar-refractivity contribution in [3.05, 3.63) is 52.5 Å². The molecule has 1 saturated heterocycles. The molecule has 2 heterocycles. The number of rotatable bonds is 2. The predicted octanol–water partition coefficient (Wildman–Crippen LogP) is 2.22. The summed E-state index contributed by atoms with van der Waals surface area (Å²) in [6, 6.07) is 13.4. The standard InChI is InChI=1S/C20H19Cl2N3O.ClH/c1-12-10-25(11-13(2)26-12)20-16-5-3-4-6-18(16)23-19(24-20)15-8-7-14(21)9-17(15)22;/h3-9,12-13H,10-11H2,1-2H3;1H/p-1. The van der Waals surface area contributed by atoms with E-state index in [0.29, 0.717) is 15.9 Å². The van der Waals surface area contributed by atoms with E-state index in [4.69, 9.17) is 37.9 Å². The minimum Gasteiger partial charge on any atom is -1.00 e. The Bertz CT molecular complexity index is 956. The first-order valence-electron chi connectivity index (χ1n) is 8.64. The Morgan fingerprint density at radius 1 is 1.00 bits per heavy atom. The number of morpholine rings is 1. The molecule has 142 valence electrons. The van der Waals surface area contributed by atoms with Gasteiger partial charge in [0, 0.05) is 29.1 Å². The molecule has 7 heteroatoms. The molecule has 27 heavy (non-hydrogen) atoms. The van der Waals surface area contributed by atoms with Gasteiger partial charge in [0.25, 0.3) is 0 Å². The summed E-state index contributed by atoms with van der Waals surface area (Å²) in [6.45, 7) is 5.75. The second kappa shape index (κ2) is 8.19. The van der Waals surface area contributed by atoms with Crippen LogP contribution in [0.2, 0.25) is 10.0 Å². The molecule has 0 saturated carbocycles. The van der Waals surface area contributed by atoms with E-state index in [-0.39, 0.29) is 24.6 Å². The third-order valence-corrected chi connectivity index (χ3v) is 5.02. The van der Waals surface area contributed by atoms with E-state index >= 15 is 0 Å². The van der Waals surface area contributed by atoms with Gasteiger partial charge in [0.15, 0.2) is 5.82 Å². The zero-order valence-corrected chi connectivity index (χ0v) is 17.3. The maximum atomic E-state index is 6.40. The Kier molecular flexibility index (Phi) is 6.11. The van der Waals surface area contributed by atoms with E-state index in [1.807, 2.05) is 24.3 Å². The molecule has 0 aliphatic carbocycles. The van der Waals surface area contributed by atoms with Crippen LogP contribution in [0.1, 0.15) is 13.8 Å². The van der Waals surface area contributed by atoms with Crippen LogP contribution in [-0.2, 0) is 4.74 Å². The summed E-state index contributed by atoms with van der Waals surface area (Å²) >= 11 is 12.4. The second-order valence-corrected chi connectivity index (χ2v) is 7.52. The highest BCUT2D eigenvalue weighted by Crippen LogP contribution is 2.33. The lowest BCUT2D eigenvalue weighted by Gasteiger charge is -2.36. The van der Waals surface area contributed by atoms with Gasteiger partial charge in [-0.25, -0.2) is 9.97 Å². The van der Waals surface area contributed by atoms with E-state index in [9.17, 15) is 0 Å². The van der Waals surface area contributed by atoms with Crippen molar-refractivity contribution in [3.8, 4) is 11.4 Å². The molecular formula is C20H19Cl3N3O-. The maximum Gasteiger partial charge on any atom is 0.163 e. The largest absolute Gasteiger partial charge is 1.00 e. The number of benzene rings is 2. The van der Waals surface area contributed by atoms with Crippen molar-refractivity contribution in [2.24, 2.45) is 0 Å². The number of hydrogen-bond donors (Lipinski definition) is 0. The molecule has 4 nitrogen and oxygen atoms in total. The molecule has 0 amide bonds. The maximum absolute atomic E-state index is 6.40. The summed E-state index contributed by atoms with van der Waals surface area (Å²) in [5.41, 5.74) is 1.67. The normalized spacial score (nSPS) is 19.8. The molecule has 1 aliphatic heterocycles. The topological polar surface area (TPSA) is 38.2 Å². The van der Waals surface area contributed by atoms with Gasteiger partial charge in [-0.3, -0.25) is 0 Å². The molecule has 3 aromatic rings. The number of halogens is 3. The van der Waals surface area contributed by atoms with Gasteiger partial charge in [-0.05, 0) is 44.2 Å². The summed E-state index contributed by atoms with van der Waals surface area (Å²) in [6.07, 6.45) is 0.296. The van der Waals surface area contributed by atoms with E-state index in [0.717, 1.165) is 35.4 Å². The fourth-order valence-corrected chi connectivity index (χ4v) is 3.94. The fraction of sp³-hybridized carbons (Fsp3) is 0.300. The van der Waals surface area contributed by atoms with Gasteiger partial charge in [0.05, 0.1) is 22.7 Å². The first-order chi connectivity index (χ1) is 12.5. The molecule has 2 aromatic carbocycles. The zero-order chi connectivity index (χ0) is 18.3. The van der Waals surface area contributed by atoms with Crippen LogP contribution in [0.5, 0.6) is 0 Å². The van der Waals surface area contributed by atoms with Gasteiger partial charge in [0.2, 0.25) is 0 Å². The molecule has 1 aromatic heterocycles. The number of para-hydroxylation sites is 1. The minimum atomic E-state index is 0. The van der Waals surface area contributed by atoms with Crippen molar-refractivity contribution in [1.82, 2.24) is 9.97 Å². The van der Waals surface area contributed by atoms with Crippen LogP contribution < -0.4 is 17.3 Å². The van der Waals surface area contributed by atoms with Gasteiger partial charge >= 0.3 is 0 Å². The van der Waals surface area contributed by atoms with Crippen molar-refractivity contribution in [3.63, 3.8) is 0 Å². The molecule has 1 aliphatic rings. The Morgan fingerprint density at radius 2 is 1.70 bits per heavy atom. The van der Waals surface area contributed by atoms with Gasteiger partial charge < -0.3 is 22.0 Å². The van der Waals surface area contributed by atoms with E-state index in [1.165, 1.54) is 0 Å². The third-order valence-electron chi connectivity index (χ3n) is 4.47. The van der Waals surface area contributed by atoms with E-state index in [1.54, 1.807) is 12.1 Å². The van der Waals surface area contributed by atoms with Crippen molar-refractivity contribution in [2.75, 3.05) is 18.0 Å². The zero-order valence-electron chi connectivity index (χ0n) is 15.0. The number of nitrogens with zero attached hydrogens (tertiary/aromatic N) is 3. The predicted molar refractivity (Wildman–Crippen MR) is 107 cm³/mol. The lowest BCUT2D eigenvalue weighted by atomic mass is 10.1.